The Kier molecular flexibility index (Phi) is 6.24. The standard InChI is InChI=1S/C26H43FO/c1-3-5-6-20-7-9-21(10-8-20)22-13-17-26(18-14-22)23(27)25(24(26)28)15-11-19(4-2)12-16-25/h19-23H,3-18H2,1-2H3/t19?,20?,21?,22?,23-,25-,26-/m1/s1. The molecule has 1 nitrogen and oxygen atoms in total. The molecule has 0 aromatic rings. The lowest BCUT2D eigenvalue weighted by Crippen LogP contribution is -2.69. The zero-order chi connectivity index (χ0) is 19.8. The molecule has 4 aliphatic rings. The predicted molar refractivity (Wildman–Crippen MR) is 114 cm³/mol. The summed E-state index contributed by atoms with van der Waals surface area (Å²) in [5.74, 6) is 3.67. The quantitative estimate of drug-likeness (QED) is 0.471. The number of alkyl halides is 1. The van der Waals surface area contributed by atoms with Gasteiger partial charge in [-0.2, -0.15) is 0 Å². The third kappa shape index (κ3) is 3.39. The van der Waals surface area contributed by atoms with Crippen molar-refractivity contribution in [1.29, 1.82) is 0 Å². The van der Waals surface area contributed by atoms with Crippen molar-refractivity contribution >= 4 is 5.78 Å². The number of ketones is 1. The maximum atomic E-state index is 15.6. The van der Waals surface area contributed by atoms with Crippen LogP contribution >= 0.6 is 0 Å². The van der Waals surface area contributed by atoms with Gasteiger partial charge in [-0.1, -0.05) is 52.4 Å². The second-order valence-corrected chi connectivity index (χ2v) is 11.1. The molecule has 0 heterocycles. The van der Waals surface area contributed by atoms with Crippen LogP contribution < -0.4 is 0 Å². The summed E-state index contributed by atoms with van der Waals surface area (Å²) in [5, 5.41) is 0. The molecular weight excluding hydrogens is 347 g/mol. The van der Waals surface area contributed by atoms with E-state index < -0.39 is 17.0 Å². The third-order valence-corrected chi connectivity index (χ3v) is 9.90. The fourth-order valence-corrected chi connectivity index (χ4v) is 7.81. The van der Waals surface area contributed by atoms with Crippen molar-refractivity contribution in [3.8, 4) is 0 Å². The molecule has 4 saturated carbocycles. The first-order valence-electron chi connectivity index (χ1n) is 12.7. The van der Waals surface area contributed by atoms with Crippen LogP contribution in [0.25, 0.3) is 0 Å². The Morgan fingerprint density at radius 3 is 1.82 bits per heavy atom. The molecular formula is C26H43FO. The Hall–Kier alpha value is -0.400. The highest BCUT2D eigenvalue weighted by atomic mass is 19.1. The molecule has 160 valence electrons. The van der Waals surface area contributed by atoms with Gasteiger partial charge in [0.15, 0.2) is 5.78 Å². The largest absolute Gasteiger partial charge is 0.298 e. The summed E-state index contributed by atoms with van der Waals surface area (Å²) >= 11 is 0. The Labute approximate surface area is 172 Å². The molecule has 0 aliphatic heterocycles. The summed E-state index contributed by atoms with van der Waals surface area (Å²) in [6, 6.07) is 0. The molecule has 4 fully saturated rings. The lowest BCUT2D eigenvalue weighted by Gasteiger charge is -2.61. The SMILES string of the molecule is CCCCC1CCC(C2CC[C@]3(CC2)C(=O)[C@@]2(CCC(CC)CC2)[C@H]3F)CC1. The van der Waals surface area contributed by atoms with E-state index in [1.54, 1.807) is 0 Å². The number of hydrogen-bond acceptors (Lipinski definition) is 1. The van der Waals surface area contributed by atoms with Gasteiger partial charge in [-0.3, -0.25) is 4.79 Å². The van der Waals surface area contributed by atoms with Gasteiger partial charge in [0.25, 0.3) is 0 Å². The summed E-state index contributed by atoms with van der Waals surface area (Å²) in [4.78, 5) is 13.3. The fraction of sp³-hybridized carbons (Fsp3) is 0.962. The highest BCUT2D eigenvalue weighted by molar-refractivity contribution is 5.98. The Morgan fingerprint density at radius 2 is 1.32 bits per heavy atom. The highest BCUT2D eigenvalue weighted by Crippen LogP contribution is 2.66. The molecule has 0 N–H and O–H groups in total. The first-order chi connectivity index (χ1) is 13.6. The Bertz CT molecular complexity index is 531. The Morgan fingerprint density at radius 1 is 0.786 bits per heavy atom. The van der Waals surface area contributed by atoms with Crippen molar-refractivity contribution < 1.29 is 9.18 Å². The molecule has 0 unspecified atom stereocenters. The molecule has 4 rings (SSSR count). The zero-order valence-electron chi connectivity index (χ0n) is 18.5. The minimum Gasteiger partial charge on any atom is -0.298 e. The monoisotopic (exact) mass is 390 g/mol. The number of halogens is 1. The van der Waals surface area contributed by atoms with E-state index in [4.69, 9.17) is 0 Å². The van der Waals surface area contributed by atoms with Crippen LogP contribution in [-0.2, 0) is 4.79 Å². The van der Waals surface area contributed by atoms with Crippen LogP contribution in [-0.4, -0.2) is 12.0 Å². The molecule has 2 heteroatoms. The second kappa shape index (κ2) is 8.38. The summed E-state index contributed by atoms with van der Waals surface area (Å²) in [6.07, 6.45) is 17.8. The predicted octanol–water partition coefficient (Wildman–Crippen LogP) is 7.67. The smallest absolute Gasteiger partial charge is 0.151 e. The van der Waals surface area contributed by atoms with Crippen LogP contribution in [0.4, 0.5) is 4.39 Å². The summed E-state index contributed by atoms with van der Waals surface area (Å²) in [7, 11) is 0. The number of unbranched alkanes of at least 4 members (excludes halogenated alkanes) is 1. The second-order valence-electron chi connectivity index (χ2n) is 11.1. The lowest BCUT2D eigenvalue weighted by molar-refractivity contribution is -0.194. The van der Waals surface area contributed by atoms with Gasteiger partial charge in [-0.15, -0.1) is 0 Å². The van der Waals surface area contributed by atoms with Crippen LogP contribution in [0.5, 0.6) is 0 Å². The molecule has 1 atom stereocenters. The molecule has 28 heavy (non-hydrogen) atoms. The molecule has 0 saturated heterocycles. The van der Waals surface area contributed by atoms with Gasteiger partial charge in [-0.05, 0) is 87.9 Å². The number of rotatable bonds is 5. The topological polar surface area (TPSA) is 17.1 Å². The van der Waals surface area contributed by atoms with Gasteiger partial charge < -0.3 is 0 Å². The zero-order valence-corrected chi connectivity index (χ0v) is 18.5. The van der Waals surface area contributed by atoms with Crippen molar-refractivity contribution in [2.75, 3.05) is 0 Å². The van der Waals surface area contributed by atoms with E-state index in [9.17, 15) is 4.79 Å². The summed E-state index contributed by atoms with van der Waals surface area (Å²) in [6.45, 7) is 4.53. The maximum absolute atomic E-state index is 15.6. The number of carbonyl (C=O) groups excluding carboxylic acids is 1. The minimum absolute atomic E-state index is 0.351. The molecule has 0 aromatic heterocycles. The average Bonchev–Trinajstić information content (AvgIpc) is 2.77. The van der Waals surface area contributed by atoms with E-state index >= 15 is 4.39 Å². The number of carbonyl (C=O) groups is 1. The highest BCUT2D eigenvalue weighted by Gasteiger charge is 2.71. The summed E-state index contributed by atoms with van der Waals surface area (Å²) < 4.78 is 15.6. The molecule has 2 spiro atoms. The average molecular weight is 391 g/mol. The van der Waals surface area contributed by atoms with Crippen LogP contribution in [0.15, 0.2) is 0 Å². The van der Waals surface area contributed by atoms with E-state index in [1.165, 1.54) is 51.4 Å². The first kappa shape index (κ1) is 20.9. The van der Waals surface area contributed by atoms with Gasteiger partial charge in [0.1, 0.15) is 6.17 Å². The molecule has 0 radical (unpaired) electrons. The molecule has 0 amide bonds. The minimum atomic E-state index is -0.837. The van der Waals surface area contributed by atoms with Gasteiger partial charge in [0.2, 0.25) is 0 Å². The third-order valence-electron chi connectivity index (χ3n) is 9.90. The van der Waals surface area contributed by atoms with Gasteiger partial charge in [0.05, 0.1) is 10.8 Å². The van der Waals surface area contributed by atoms with Crippen molar-refractivity contribution in [3.63, 3.8) is 0 Å². The molecule has 0 bridgehead atoms. The maximum Gasteiger partial charge on any atom is 0.151 e. The number of hydrogen-bond donors (Lipinski definition) is 0. The van der Waals surface area contributed by atoms with Crippen molar-refractivity contribution in [2.24, 2.45) is 34.5 Å². The van der Waals surface area contributed by atoms with Crippen LogP contribution in [0.1, 0.15) is 117 Å². The van der Waals surface area contributed by atoms with Crippen LogP contribution in [0.2, 0.25) is 0 Å². The van der Waals surface area contributed by atoms with Gasteiger partial charge in [0, 0.05) is 0 Å². The van der Waals surface area contributed by atoms with Gasteiger partial charge in [-0.25, -0.2) is 4.39 Å². The van der Waals surface area contributed by atoms with E-state index in [1.807, 2.05) is 0 Å². The molecule has 4 aliphatic carbocycles. The van der Waals surface area contributed by atoms with Crippen molar-refractivity contribution in [1.82, 2.24) is 0 Å². The van der Waals surface area contributed by atoms with E-state index in [2.05, 4.69) is 13.8 Å². The van der Waals surface area contributed by atoms with E-state index in [0.29, 0.717) is 5.78 Å². The van der Waals surface area contributed by atoms with E-state index in [0.717, 1.165) is 75.0 Å². The van der Waals surface area contributed by atoms with Crippen LogP contribution in [0, 0.1) is 34.5 Å². The van der Waals surface area contributed by atoms with Crippen molar-refractivity contribution in [3.05, 3.63) is 0 Å². The fourth-order valence-electron chi connectivity index (χ4n) is 7.81. The summed E-state index contributed by atoms with van der Waals surface area (Å²) in [5.41, 5.74) is -1.12. The first-order valence-corrected chi connectivity index (χ1v) is 12.7. The van der Waals surface area contributed by atoms with E-state index in [-0.39, 0.29) is 0 Å². The number of Topliss-reactive ketones (excluding diaryl/α,β-unsaturated/α-hetero) is 1. The Balaban J connectivity index is 1.28. The van der Waals surface area contributed by atoms with Crippen molar-refractivity contribution in [2.45, 2.75) is 123 Å². The van der Waals surface area contributed by atoms with Crippen LogP contribution in [0.3, 0.4) is 0 Å². The normalized spacial score (nSPS) is 46.7. The molecule has 0 aromatic carbocycles. The van der Waals surface area contributed by atoms with Gasteiger partial charge >= 0.3 is 0 Å². The lowest BCUT2D eigenvalue weighted by atomic mass is 9.41.